The van der Waals surface area contributed by atoms with E-state index < -0.39 is 60.9 Å². The maximum absolute atomic E-state index is 11.9. The Morgan fingerprint density at radius 2 is 1.58 bits per heavy atom. The van der Waals surface area contributed by atoms with Gasteiger partial charge in [-0.25, -0.2) is 4.79 Å². The molecule has 0 spiro atoms. The SMILES string of the molecule is C[C@H](NC(=O)N[C@@H](CC(N)=O)C(=O)NNC(=O)[C@@H](N)CO)C(=O)O. The second-order valence-electron chi connectivity index (χ2n) is 4.67. The summed E-state index contributed by atoms with van der Waals surface area (Å²) in [7, 11) is 0. The van der Waals surface area contributed by atoms with E-state index in [1.165, 1.54) is 6.92 Å². The monoisotopic (exact) mass is 348 g/mol. The van der Waals surface area contributed by atoms with Crippen LogP contribution in [0.1, 0.15) is 13.3 Å². The van der Waals surface area contributed by atoms with E-state index in [4.69, 9.17) is 21.7 Å². The molecule has 0 heterocycles. The molecule has 0 fully saturated rings. The summed E-state index contributed by atoms with van der Waals surface area (Å²) in [4.78, 5) is 56.3. The Kier molecular flexibility index (Phi) is 8.74. The number of carbonyl (C=O) groups is 5. The molecule has 10 N–H and O–H groups in total. The molecule has 0 aliphatic heterocycles. The van der Waals surface area contributed by atoms with Crippen LogP contribution < -0.4 is 33.0 Å². The summed E-state index contributed by atoms with van der Waals surface area (Å²) in [5.74, 6) is -4.16. The van der Waals surface area contributed by atoms with Crippen LogP contribution in [0.3, 0.4) is 0 Å². The first-order valence-electron chi connectivity index (χ1n) is 6.62. The Morgan fingerprint density at radius 1 is 1.04 bits per heavy atom. The van der Waals surface area contributed by atoms with Crippen molar-refractivity contribution in [2.45, 2.75) is 31.5 Å². The van der Waals surface area contributed by atoms with Gasteiger partial charge in [-0.3, -0.25) is 30.0 Å². The van der Waals surface area contributed by atoms with Crippen LogP contribution in [0.4, 0.5) is 4.79 Å². The number of hydrogen-bond acceptors (Lipinski definition) is 7. The van der Waals surface area contributed by atoms with Crippen molar-refractivity contribution in [2.75, 3.05) is 6.61 Å². The highest BCUT2D eigenvalue weighted by Crippen LogP contribution is 1.93. The average molecular weight is 348 g/mol. The molecule has 5 amide bonds. The van der Waals surface area contributed by atoms with Gasteiger partial charge in [0.1, 0.15) is 18.1 Å². The van der Waals surface area contributed by atoms with Gasteiger partial charge in [-0.15, -0.1) is 0 Å². The topological polar surface area (TPSA) is 226 Å². The van der Waals surface area contributed by atoms with Crippen LogP contribution in [0.15, 0.2) is 0 Å². The van der Waals surface area contributed by atoms with E-state index in [-0.39, 0.29) is 0 Å². The molecule has 0 bridgehead atoms. The molecule has 0 rings (SSSR count). The van der Waals surface area contributed by atoms with Crippen molar-refractivity contribution in [2.24, 2.45) is 11.5 Å². The summed E-state index contributed by atoms with van der Waals surface area (Å²) in [5, 5.41) is 21.4. The zero-order chi connectivity index (χ0) is 18.9. The van der Waals surface area contributed by atoms with Crippen molar-refractivity contribution in [1.82, 2.24) is 21.5 Å². The predicted molar refractivity (Wildman–Crippen MR) is 77.7 cm³/mol. The van der Waals surface area contributed by atoms with Gasteiger partial charge in [-0.1, -0.05) is 0 Å². The van der Waals surface area contributed by atoms with Gasteiger partial charge in [-0.2, -0.15) is 0 Å². The molecule has 13 nitrogen and oxygen atoms in total. The standard InChI is InChI=1S/C11H20N6O7/c1-4(10(22)23)14-11(24)15-6(2-7(13)19)9(21)17-16-8(20)5(12)3-18/h4-6,18H,2-3,12H2,1H3,(H2,13,19)(H,16,20)(H,17,21)(H,22,23)(H2,14,15,24)/t4-,5-,6-/m0/s1. The lowest BCUT2D eigenvalue weighted by Crippen LogP contribution is -2.58. The highest BCUT2D eigenvalue weighted by atomic mass is 16.4. The molecule has 0 aliphatic carbocycles. The Labute approximate surface area is 136 Å². The molecule has 3 atom stereocenters. The average Bonchev–Trinajstić information content (AvgIpc) is 2.49. The quantitative estimate of drug-likeness (QED) is 0.199. The van der Waals surface area contributed by atoms with Crippen LogP contribution in [0.25, 0.3) is 0 Å². The fourth-order valence-electron chi connectivity index (χ4n) is 1.25. The second kappa shape index (κ2) is 9.96. The summed E-state index contributed by atoms with van der Waals surface area (Å²) in [6.45, 7) is 0.516. The van der Waals surface area contributed by atoms with Crippen LogP contribution >= 0.6 is 0 Å². The number of carboxylic acid groups (broad SMARTS) is 1. The maximum Gasteiger partial charge on any atom is 0.325 e. The number of carbonyl (C=O) groups excluding carboxylic acids is 4. The van der Waals surface area contributed by atoms with Gasteiger partial charge in [0.05, 0.1) is 13.0 Å². The Balaban J connectivity index is 4.72. The smallest absolute Gasteiger partial charge is 0.325 e. The summed E-state index contributed by atoms with van der Waals surface area (Å²) >= 11 is 0. The lowest BCUT2D eigenvalue weighted by atomic mass is 10.2. The van der Waals surface area contributed by atoms with E-state index in [0.29, 0.717) is 0 Å². The molecule has 0 aromatic heterocycles. The van der Waals surface area contributed by atoms with E-state index >= 15 is 0 Å². The number of rotatable bonds is 8. The minimum atomic E-state index is -1.48. The minimum absolute atomic E-state index is 0.609. The van der Waals surface area contributed by atoms with E-state index in [1.807, 2.05) is 21.5 Å². The van der Waals surface area contributed by atoms with Gasteiger partial charge in [0.2, 0.25) is 5.91 Å². The Hall–Kier alpha value is -2.93. The van der Waals surface area contributed by atoms with Crippen LogP contribution in [0.2, 0.25) is 0 Å². The second-order valence-corrected chi connectivity index (χ2v) is 4.67. The number of amides is 5. The number of urea groups is 1. The van der Waals surface area contributed by atoms with Gasteiger partial charge in [0.15, 0.2) is 0 Å². The third-order valence-corrected chi connectivity index (χ3v) is 2.59. The van der Waals surface area contributed by atoms with Crippen molar-refractivity contribution in [3.63, 3.8) is 0 Å². The van der Waals surface area contributed by atoms with E-state index in [1.54, 1.807) is 0 Å². The van der Waals surface area contributed by atoms with Gasteiger partial charge in [0, 0.05) is 0 Å². The zero-order valence-electron chi connectivity index (χ0n) is 12.7. The van der Waals surface area contributed by atoms with Gasteiger partial charge in [0.25, 0.3) is 11.8 Å². The first-order valence-corrected chi connectivity index (χ1v) is 6.62. The molecule has 0 saturated carbocycles. The molecule has 0 unspecified atom stereocenters. The van der Waals surface area contributed by atoms with Crippen LogP contribution in [-0.2, 0) is 19.2 Å². The number of aliphatic carboxylic acids is 1. The van der Waals surface area contributed by atoms with E-state index in [0.717, 1.165) is 0 Å². The molecule has 0 aromatic rings. The van der Waals surface area contributed by atoms with Crippen molar-refractivity contribution in [3.05, 3.63) is 0 Å². The Morgan fingerprint density at radius 3 is 2.04 bits per heavy atom. The number of hydrogen-bond donors (Lipinski definition) is 8. The maximum atomic E-state index is 11.9. The van der Waals surface area contributed by atoms with Gasteiger partial charge >= 0.3 is 12.0 Å². The number of aliphatic hydroxyl groups excluding tert-OH is 1. The first kappa shape index (κ1) is 21.1. The highest BCUT2D eigenvalue weighted by molar-refractivity contribution is 5.93. The van der Waals surface area contributed by atoms with Crippen LogP contribution in [0, 0.1) is 0 Å². The molecule has 136 valence electrons. The molecule has 24 heavy (non-hydrogen) atoms. The number of nitrogens with two attached hydrogens (primary N) is 2. The number of primary amides is 1. The van der Waals surface area contributed by atoms with Crippen molar-refractivity contribution in [1.29, 1.82) is 0 Å². The Bertz CT molecular complexity index is 511. The zero-order valence-corrected chi connectivity index (χ0v) is 12.7. The highest BCUT2D eigenvalue weighted by Gasteiger charge is 2.25. The fraction of sp³-hybridized carbons (Fsp3) is 0.545. The number of carboxylic acids is 1. The fourth-order valence-corrected chi connectivity index (χ4v) is 1.25. The van der Waals surface area contributed by atoms with Crippen molar-refractivity contribution in [3.8, 4) is 0 Å². The lowest BCUT2D eigenvalue weighted by molar-refractivity contribution is -0.138. The van der Waals surface area contributed by atoms with Crippen molar-refractivity contribution < 1.29 is 34.2 Å². The molecule has 0 aromatic carbocycles. The predicted octanol–water partition coefficient (Wildman–Crippen LogP) is -4.53. The van der Waals surface area contributed by atoms with Crippen LogP contribution in [-0.4, -0.2) is 64.7 Å². The van der Waals surface area contributed by atoms with Crippen LogP contribution in [0.5, 0.6) is 0 Å². The third kappa shape index (κ3) is 7.90. The number of aliphatic hydroxyl groups is 1. The molecule has 0 aliphatic rings. The van der Waals surface area contributed by atoms with E-state index in [9.17, 15) is 24.0 Å². The lowest BCUT2D eigenvalue weighted by Gasteiger charge is -2.19. The summed E-state index contributed by atoms with van der Waals surface area (Å²) in [6, 6.07) is -5.05. The largest absolute Gasteiger partial charge is 0.480 e. The summed E-state index contributed by atoms with van der Waals surface area (Å²) in [5.41, 5.74) is 13.9. The summed E-state index contributed by atoms with van der Waals surface area (Å²) in [6.07, 6.45) is -0.609. The molecule has 0 saturated heterocycles. The van der Waals surface area contributed by atoms with E-state index in [2.05, 4.69) is 0 Å². The molecule has 0 radical (unpaired) electrons. The molecule has 13 heteroatoms. The third-order valence-electron chi connectivity index (χ3n) is 2.59. The molecular formula is C11H20N6O7. The number of nitrogens with one attached hydrogen (secondary N) is 4. The van der Waals surface area contributed by atoms with Gasteiger partial charge in [-0.05, 0) is 6.92 Å². The molecular weight excluding hydrogens is 328 g/mol. The van der Waals surface area contributed by atoms with Gasteiger partial charge < -0.3 is 32.3 Å². The summed E-state index contributed by atoms with van der Waals surface area (Å²) < 4.78 is 0. The minimum Gasteiger partial charge on any atom is -0.480 e. The normalized spacial score (nSPS) is 13.8. The first-order chi connectivity index (χ1) is 11.1. The number of hydrazine groups is 1. The van der Waals surface area contributed by atoms with Crippen molar-refractivity contribution >= 4 is 29.7 Å².